The maximum Gasteiger partial charge on any atom is 0.416 e. The van der Waals surface area contributed by atoms with E-state index in [1.165, 1.54) is 0 Å². The summed E-state index contributed by atoms with van der Waals surface area (Å²) in [5.41, 5.74) is 3.16. The van der Waals surface area contributed by atoms with Crippen molar-refractivity contribution in [2.75, 3.05) is 6.61 Å². The number of primary amides is 1. The van der Waals surface area contributed by atoms with Crippen LogP contribution in [-0.4, -0.2) is 28.6 Å². The molecular weight excluding hydrogens is 535 g/mol. The van der Waals surface area contributed by atoms with E-state index in [4.69, 9.17) is 14.9 Å². The number of carbonyl (C=O) groups excluding carboxylic acids is 1. The summed E-state index contributed by atoms with van der Waals surface area (Å²) < 4.78 is 76.5. The van der Waals surface area contributed by atoms with Crippen LogP contribution in [0, 0.1) is 11.6 Å². The minimum Gasteiger partial charge on any atom is -0.490 e. The average molecular weight is 549 g/mol. The Morgan fingerprint density at radius 3 is 2.35 bits per heavy atom. The Morgan fingerprint density at radius 2 is 1.79 bits per heavy atom. The molecule has 180 valence electrons. The molecule has 3 N–H and O–H groups in total. The van der Waals surface area contributed by atoms with Crippen LogP contribution in [0.5, 0.6) is 5.75 Å². The highest BCUT2D eigenvalue weighted by Gasteiger charge is 2.31. The van der Waals surface area contributed by atoms with E-state index in [2.05, 4.69) is 20.9 Å². The number of hydrogen-bond acceptors (Lipinski definition) is 5. The number of rotatable bonds is 8. The van der Waals surface area contributed by atoms with Crippen molar-refractivity contribution < 1.29 is 45.8 Å². The van der Waals surface area contributed by atoms with E-state index in [0.717, 1.165) is 36.4 Å². The molecular formula is C21H14BrF5N2O5. The lowest BCUT2D eigenvalue weighted by molar-refractivity contribution is -0.139. The van der Waals surface area contributed by atoms with Gasteiger partial charge in [0.15, 0.2) is 16.2 Å². The standard InChI is InChI=1S/C21H14BrF5N2O5/c22-17-16(29-19(34-17)9-1-3-10(4-2-9)21(25,26)27)11(20(31)32)7-8-33-13-6-5-12(23)14(15(13)24)18(28)30/h1-6,11H,7-8H2,(H2,28,30)(H,31,32). The van der Waals surface area contributed by atoms with Crippen molar-refractivity contribution in [2.24, 2.45) is 5.73 Å². The molecule has 34 heavy (non-hydrogen) atoms. The molecule has 1 unspecified atom stereocenters. The third-order valence-corrected chi connectivity index (χ3v) is 5.23. The van der Waals surface area contributed by atoms with Crippen LogP contribution in [0.3, 0.4) is 0 Å². The number of aliphatic carboxylic acids is 1. The van der Waals surface area contributed by atoms with Crippen LogP contribution >= 0.6 is 15.9 Å². The van der Waals surface area contributed by atoms with E-state index < -0.39 is 52.5 Å². The summed E-state index contributed by atoms with van der Waals surface area (Å²) in [6, 6.07) is 5.59. The van der Waals surface area contributed by atoms with Crippen molar-refractivity contribution in [1.29, 1.82) is 0 Å². The van der Waals surface area contributed by atoms with Crippen LogP contribution in [0.15, 0.2) is 45.5 Å². The van der Waals surface area contributed by atoms with Crippen LogP contribution in [0.2, 0.25) is 0 Å². The minimum absolute atomic E-state index is 0.0706. The van der Waals surface area contributed by atoms with Gasteiger partial charge in [0.05, 0.1) is 12.2 Å². The smallest absolute Gasteiger partial charge is 0.416 e. The predicted molar refractivity (Wildman–Crippen MR) is 110 cm³/mol. The first-order valence-electron chi connectivity index (χ1n) is 9.37. The number of ether oxygens (including phenoxy) is 1. The number of hydrogen-bond donors (Lipinski definition) is 2. The molecule has 3 aromatic rings. The van der Waals surface area contributed by atoms with Crippen molar-refractivity contribution >= 4 is 27.8 Å². The molecule has 3 rings (SSSR count). The third kappa shape index (κ3) is 5.35. The maximum atomic E-state index is 14.3. The lowest BCUT2D eigenvalue weighted by atomic mass is 10.0. The monoisotopic (exact) mass is 548 g/mol. The molecule has 0 spiro atoms. The number of carbonyl (C=O) groups is 2. The van der Waals surface area contributed by atoms with Gasteiger partial charge in [0.1, 0.15) is 23.0 Å². The van der Waals surface area contributed by atoms with E-state index in [9.17, 15) is 36.6 Å². The summed E-state index contributed by atoms with van der Waals surface area (Å²) in [5, 5.41) is 9.59. The lowest BCUT2D eigenvalue weighted by Gasteiger charge is -2.13. The third-order valence-electron chi connectivity index (χ3n) is 4.66. The van der Waals surface area contributed by atoms with Crippen molar-refractivity contribution in [3.05, 3.63) is 69.5 Å². The number of benzene rings is 2. The Hall–Kier alpha value is -3.48. The number of aromatic nitrogens is 1. The Balaban J connectivity index is 1.78. The van der Waals surface area contributed by atoms with Crippen molar-refractivity contribution in [2.45, 2.75) is 18.5 Å². The summed E-state index contributed by atoms with van der Waals surface area (Å²) in [7, 11) is 0. The molecule has 0 aliphatic carbocycles. The average Bonchev–Trinajstić information content (AvgIpc) is 3.12. The molecule has 1 aromatic heterocycles. The fraction of sp³-hybridized carbons (Fsp3) is 0.190. The summed E-state index contributed by atoms with van der Waals surface area (Å²) in [5.74, 6) is -7.14. The first-order valence-corrected chi connectivity index (χ1v) is 10.2. The molecule has 1 heterocycles. The molecule has 1 atom stereocenters. The quantitative estimate of drug-likeness (QED) is 0.377. The fourth-order valence-electron chi connectivity index (χ4n) is 2.99. The van der Waals surface area contributed by atoms with Gasteiger partial charge in [0.2, 0.25) is 5.89 Å². The largest absolute Gasteiger partial charge is 0.490 e. The second-order valence-corrected chi connectivity index (χ2v) is 7.60. The number of alkyl halides is 3. The van der Waals surface area contributed by atoms with Crippen LogP contribution < -0.4 is 10.5 Å². The lowest BCUT2D eigenvalue weighted by Crippen LogP contribution is -2.18. The Bertz CT molecular complexity index is 1230. The predicted octanol–water partition coefficient (Wildman–Crippen LogP) is 5.14. The Kier molecular flexibility index (Phi) is 7.24. The van der Waals surface area contributed by atoms with E-state index in [0.29, 0.717) is 0 Å². The van der Waals surface area contributed by atoms with Gasteiger partial charge < -0.3 is 20.0 Å². The zero-order chi connectivity index (χ0) is 25.2. The van der Waals surface area contributed by atoms with Gasteiger partial charge in [-0.05, 0) is 52.3 Å². The summed E-state index contributed by atoms with van der Waals surface area (Å²) in [6.07, 6.45) is -4.78. The van der Waals surface area contributed by atoms with Crippen LogP contribution in [0.4, 0.5) is 22.0 Å². The second kappa shape index (κ2) is 9.79. The highest BCUT2D eigenvalue weighted by molar-refractivity contribution is 9.10. The molecule has 2 aromatic carbocycles. The first kappa shape index (κ1) is 25.1. The number of halogens is 6. The molecule has 0 aliphatic rings. The second-order valence-electron chi connectivity index (χ2n) is 6.88. The maximum absolute atomic E-state index is 14.3. The highest BCUT2D eigenvalue weighted by Crippen LogP contribution is 2.35. The van der Waals surface area contributed by atoms with E-state index in [1.807, 2.05) is 0 Å². The summed E-state index contributed by atoms with van der Waals surface area (Å²) in [6.45, 7) is -0.382. The van der Waals surface area contributed by atoms with Crippen molar-refractivity contribution in [1.82, 2.24) is 4.98 Å². The molecule has 0 radical (unpaired) electrons. The van der Waals surface area contributed by atoms with Gasteiger partial charge in [-0.2, -0.15) is 13.2 Å². The molecule has 7 nitrogen and oxygen atoms in total. The Morgan fingerprint density at radius 1 is 1.15 bits per heavy atom. The van der Waals surface area contributed by atoms with Gasteiger partial charge >= 0.3 is 12.1 Å². The molecule has 0 saturated heterocycles. The molecule has 0 fully saturated rings. The van der Waals surface area contributed by atoms with Crippen molar-refractivity contribution in [3.63, 3.8) is 0 Å². The number of carboxylic acids is 1. The van der Waals surface area contributed by atoms with Gasteiger partial charge in [0.25, 0.3) is 5.91 Å². The van der Waals surface area contributed by atoms with Gasteiger partial charge in [-0.25, -0.2) is 13.8 Å². The zero-order valence-corrected chi connectivity index (χ0v) is 18.4. The van der Waals surface area contributed by atoms with Crippen molar-refractivity contribution in [3.8, 4) is 17.2 Å². The van der Waals surface area contributed by atoms with Gasteiger partial charge in [-0.3, -0.25) is 9.59 Å². The van der Waals surface area contributed by atoms with Gasteiger partial charge in [-0.1, -0.05) is 0 Å². The summed E-state index contributed by atoms with van der Waals surface area (Å²) >= 11 is 3.05. The van der Waals surface area contributed by atoms with Crippen LogP contribution in [0.1, 0.15) is 34.0 Å². The van der Waals surface area contributed by atoms with Crippen LogP contribution in [0.25, 0.3) is 11.5 Å². The van der Waals surface area contributed by atoms with Gasteiger partial charge in [0, 0.05) is 12.0 Å². The van der Waals surface area contributed by atoms with Gasteiger partial charge in [-0.15, -0.1) is 0 Å². The normalized spacial score (nSPS) is 12.4. The number of nitrogens with two attached hydrogens (primary N) is 1. The first-order chi connectivity index (χ1) is 15.9. The molecule has 1 amide bonds. The summed E-state index contributed by atoms with van der Waals surface area (Å²) in [4.78, 5) is 27.1. The molecule has 0 aliphatic heterocycles. The van der Waals surface area contributed by atoms with E-state index in [1.54, 1.807) is 0 Å². The number of carboxylic acid groups (broad SMARTS) is 1. The highest BCUT2D eigenvalue weighted by atomic mass is 79.9. The number of amides is 1. The van der Waals surface area contributed by atoms with E-state index >= 15 is 0 Å². The number of nitrogens with zero attached hydrogens (tertiary/aromatic N) is 1. The van der Waals surface area contributed by atoms with E-state index in [-0.39, 0.29) is 34.8 Å². The fourth-order valence-corrected chi connectivity index (χ4v) is 3.51. The molecule has 13 heteroatoms. The zero-order valence-electron chi connectivity index (χ0n) is 16.8. The molecule has 0 saturated carbocycles. The SMILES string of the molecule is NC(=O)c1c(F)ccc(OCCC(C(=O)O)c2nc(-c3ccc(C(F)(F)F)cc3)oc2Br)c1F. The topological polar surface area (TPSA) is 116 Å². The Labute approximate surface area is 196 Å². The minimum atomic E-state index is -4.53. The number of oxazole rings is 1. The van der Waals surface area contributed by atoms with Crippen LogP contribution in [-0.2, 0) is 11.0 Å². The molecule has 0 bridgehead atoms.